The highest BCUT2D eigenvalue weighted by Crippen LogP contribution is 2.28. The summed E-state index contributed by atoms with van der Waals surface area (Å²) in [6.07, 6.45) is 18.3. The van der Waals surface area contributed by atoms with Crippen molar-refractivity contribution in [2.24, 2.45) is 16.6 Å². The maximum atomic E-state index is 6.27. The van der Waals surface area contributed by atoms with Crippen LogP contribution in [0.5, 0.6) is 0 Å². The van der Waals surface area contributed by atoms with E-state index in [0.717, 1.165) is 0 Å². The van der Waals surface area contributed by atoms with Crippen LogP contribution >= 0.6 is 0 Å². The van der Waals surface area contributed by atoms with Crippen molar-refractivity contribution in [1.82, 2.24) is 0 Å². The van der Waals surface area contributed by atoms with Gasteiger partial charge in [-0.05, 0) is 31.9 Å². The van der Waals surface area contributed by atoms with Crippen molar-refractivity contribution < 1.29 is 0 Å². The number of aliphatic imine (C=N–C) groups is 1. The molecule has 0 saturated heterocycles. The second-order valence-corrected chi connectivity index (χ2v) is 6.26. The van der Waals surface area contributed by atoms with Gasteiger partial charge in [-0.25, -0.2) is 0 Å². The fourth-order valence-electron chi connectivity index (χ4n) is 2.73. The Bertz CT molecular complexity index is 340. The summed E-state index contributed by atoms with van der Waals surface area (Å²) in [5, 5.41) is 0. The third kappa shape index (κ3) is 6.51. The van der Waals surface area contributed by atoms with Crippen LogP contribution in [0.1, 0.15) is 72.1 Å². The van der Waals surface area contributed by atoms with Crippen LogP contribution in [0.2, 0.25) is 0 Å². The average molecular weight is 276 g/mol. The van der Waals surface area contributed by atoms with Crippen LogP contribution in [-0.4, -0.2) is 11.8 Å². The largest absolute Gasteiger partial charge is 0.319 e. The molecule has 1 unspecified atom stereocenters. The SMILES string of the molecule is CCCCCC(CCCCC)C1=CC(C)(N)C=CC=N1. The van der Waals surface area contributed by atoms with E-state index in [0.29, 0.717) is 5.92 Å². The first-order valence-corrected chi connectivity index (χ1v) is 8.32. The maximum absolute atomic E-state index is 6.27. The molecular formula is C18H32N2. The summed E-state index contributed by atoms with van der Waals surface area (Å²) in [6, 6.07) is 0. The minimum absolute atomic E-state index is 0.362. The van der Waals surface area contributed by atoms with Crippen LogP contribution < -0.4 is 5.73 Å². The predicted octanol–water partition coefficient (Wildman–Crippen LogP) is 5.01. The Labute approximate surface area is 125 Å². The van der Waals surface area contributed by atoms with Gasteiger partial charge in [0.25, 0.3) is 0 Å². The van der Waals surface area contributed by atoms with Crippen LogP contribution in [0.15, 0.2) is 28.9 Å². The molecule has 0 aromatic rings. The standard InChI is InChI=1S/C18H32N2/c1-4-6-8-11-16(12-9-7-5-2)17-15-18(3,19)13-10-14-20-17/h10,13-16H,4-9,11-12,19H2,1-3H3. The van der Waals surface area contributed by atoms with Crippen LogP contribution in [0.4, 0.5) is 0 Å². The lowest BCUT2D eigenvalue weighted by molar-refractivity contribution is 0.456. The van der Waals surface area contributed by atoms with Crippen molar-refractivity contribution in [1.29, 1.82) is 0 Å². The molecule has 1 aliphatic heterocycles. The zero-order chi connectivity index (χ0) is 14.8. The quantitative estimate of drug-likeness (QED) is 0.591. The number of hydrogen-bond donors (Lipinski definition) is 1. The highest BCUT2D eigenvalue weighted by atomic mass is 14.8. The molecule has 1 heterocycles. The van der Waals surface area contributed by atoms with E-state index in [1.54, 1.807) is 0 Å². The maximum Gasteiger partial charge on any atom is 0.0520 e. The zero-order valence-corrected chi connectivity index (χ0v) is 13.6. The summed E-state index contributed by atoms with van der Waals surface area (Å²) in [4.78, 5) is 4.65. The van der Waals surface area contributed by atoms with Gasteiger partial charge in [-0.3, -0.25) is 4.99 Å². The van der Waals surface area contributed by atoms with E-state index in [1.807, 2.05) is 25.3 Å². The molecule has 0 fully saturated rings. The molecule has 0 amide bonds. The van der Waals surface area contributed by atoms with Crippen molar-refractivity contribution in [2.75, 3.05) is 0 Å². The average Bonchev–Trinajstić information content (AvgIpc) is 2.58. The Balaban J connectivity index is 2.71. The summed E-state index contributed by atoms with van der Waals surface area (Å²) < 4.78 is 0. The van der Waals surface area contributed by atoms with E-state index in [4.69, 9.17) is 5.73 Å². The molecule has 114 valence electrons. The third-order valence-corrected chi connectivity index (χ3v) is 3.95. The van der Waals surface area contributed by atoms with E-state index < -0.39 is 0 Å². The summed E-state index contributed by atoms with van der Waals surface area (Å²) >= 11 is 0. The topological polar surface area (TPSA) is 38.4 Å². The summed E-state index contributed by atoms with van der Waals surface area (Å²) in [5.41, 5.74) is 7.11. The molecular weight excluding hydrogens is 244 g/mol. The number of unbranched alkanes of at least 4 members (excludes halogenated alkanes) is 4. The van der Waals surface area contributed by atoms with E-state index in [2.05, 4.69) is 24.9 Å². The summed E-state index contributed by atoms with van der Waals surface area (Å²) in [6.45, 7) is 6.57. The number of hydrogen-bond acceptors (Lipinski definition) is 2. The number of nitrogens with zero attached hydrogens (tertiary/aromatic N) is 1. The van der Waals surface area contributed by atoms with E-state index in [9.17, 15) is 0 Å². The highest BCUT2D eigenvalue weighted by molar-refractivity contribution is 5.73. The van der Waals surface area contributed by atoms with Crippen LogP contribution in [0.3, 0.4) is 0 Å². The first-order chi connectivity index (χ1) is 9.59. The van der Waals surface area contributed by atoms with Crippen molar-refractivity contribution in [3.8, 4) is 0 Å². The number of allylic oxidation sites excluding steroid dienone is 2. The van der Waals surface area contributed by atoms with Crippen molar-refractivity contribution >= 4 is 6.21 Å². The van der Waals surface area contributed by atoms with Gasteiger partial charge in [0, 0.05) is 17.8 Å². The molecule has 2 nitrogen and oxygen atoms in total. The lowest BCUT2D eigenvalue weighted by atomic mass is 9.89. The van der Waals surface area contributed by atoms with Gasteiger partial charge in [0.05, 0.1) is 5.54 Å². The van der Waals surface area contributed by atoms with Gasteiger partial charge >= 0.3 is 0 Å². The smallest absolute Gasteiger partial charge is 0.0520 e. The van der Waals surface area contributed by atoms with Crippen molar-refractivity contribution in [3.05, 3.63) is 23.9 Å². The Hall–Kier alpha value is -0.890. The van der Waals surface area contributed by atoms with E-state index in [-0.39, 0.29) is 5.54 Å². The number of nitrogens with two attached hydrogens (primary N) is 1. The predicted molar refractivity (Wildman–Crippen MR) is 90.1 cm³/mol. The normalized spacial score (nSPS) is 22.1. The lowest BCUT2D eigenvalue weighted by Crippen LogP contribution is -2.31. The Morgan fingerprint density at radius 2 is 1.70 bits per heavy atom. The molecule has 1 rings (SSSR count). The summed E-state index contributed by atoms with van der Waals surface area (Å²) in [7, 11) is 0. The zero-order valence-electron chi connectivity index (χ0n) is 13.6. The number of rotatable bonds is 9. The Kier molecular flexibility index (Phi) is 7.83. The molecule has 0 radical (unpaired) electrons. The molecule has 0 spiro atoms. The molecule has 0 bridgehead atoms. The van der Waals surface area contributed by atoms with Gasteiger partial charge in [0.2, 0.25) is 0 Å². The monoisotopic (exact) mass is 276 g/mol. The molecule has 1 aliphatic rings. The third-order valence-electron chi connectivity index (χ3n) is 3.95. The molecule has 1 atom stereocenters. The van der Waals surface area contributed by atoms with E-state index in [1.165, 1.54) is 57.1 Å². The first kappa shape index (κ1) is 17.2. The van der Waals surface area contributed by atoms with E-state index >= 15 is 0 Å². The summed E-state index contributed by atoms with van der Waals surface area (Å²) in [5.74, 6) is 0.576. The Morgan fingerprint density at radius 3 is 2.25 bits per heavy atom. The van der Waals surface area contributed by atoms with Crippen LogP contribution in [0.25, 0.3) is 0 Å². The van der Waals surface area contributed by atoms with Crippen LogP contribution in [0, 0.1) is 5.92 Å². The fourth-order valence-corrected chi connectivity index (χ4v) is 2.73. The van der Waals surface area contributed by atoms with Crippen molar-refractivity contribution in [3.63, 3.8) is 0 Å². The Morgan fingerprint density at radius 1 is 1.10 bits per heavy atom. The van der Waals surface area contributed by atoms with Gasteiger partial charge in [-0.15, -0.1) is 0 Å². The lowest BCUT2D eigenvalue weighted by Gasteiger charge is -2.21. The highest BCUT2D eigenvalue weighted by Gasteiger charge is 2.19. The molecule has 2 N–H and O–H groups in total. The van der Waals surface area contributed by atoms with Gasteiger partial charge in [-0.2, -0.15) is 0 Å². The first-order valence-electron chi connectivity index (χ1n) is 8.32. The minimum atomic E-state index is -0.362. The van der Waals surface area contributed by atoms with Gasteiger partial charge in [-0.1, -0.05) is 58.4 Å². The second kappa shape index (κ2) is 9.12. The molecule has 2 heteroatoms. The van der Waals surface area contributed by atoms with Crippen LogP contribution in [-0.2, 0) is 0 Å². The molecule has 0 aromatic heterocycles. The minimum Gasteiger partial charge on any atom is -0.319 e. The fraction of sp³-hybridized carbons (Fsp3) is 0.722. The van der Waals surface area contributed by atoms with Gasteiger partial charge in [0.1, 0.15) is 0 Å². The molecule has 0 saturated carbocycles. The van der Waals surface area contributed by atoms with Gasteiger partial charge in [0.15, 0.2) is 0 Å². The van der Waals surface area contributed by atoms with Crippen molar-refractivity contribution in [2.45, 2.75) is 77.7 Å². The molecule has 0 aromatic carbocycles. The molecule has 20 heavy (non-hydrogen) atoms. The second-order valence-electron chi connectivity index (χ2n) is 6.26. The van der Waals surface area contributed by atoms with Gasteiger partial charge < -0.3 is 5.73 Å². The molecule has 0 aliphatic carbocycles.